The molecule has 1 fully saturated rings. The van der Waals surface area contributed by atoms with Crippen LogP contribution in [0.5, 0.6) is 5.75 Å². The SMILES string of the molecule is CC(C)COc1ccc2c(c1)C[C@@H](C)C(CN1CC(F)(C(=O)O)C1)=C2. The highest BCUT2D eigenvalue weighted by molar-refractivity contribution is 5.79. The summed E-state index contributed by atoms with van der Waals surface area (Å²) < 4.78 is 19.7. The minimum atomic E-state index is -2.07. The number of aliphatic carboxylic acids is 1. The minimum Gasteiger partial charge on any atom is -0.493 e. The van der Waals surface area contributed by atoms with E-state index in [1.807, 2.05) is 11.0 Å². The van der Waals surface area contributed by atoms with E-state index in [1.165, 1.54) is 16.7 Å². The van der Waals surface area contributed by atoms with Gasteiger partial charge in [-0.2, -0.15) is 0 Å². The molecule has 5 heteroatoms. The van der Waals surface area contributed by atoms with Crippen molar-refractivity contribution in [2.24, 2.45) is 11.8 Å². The van der Waals surface area contributed by atoms with Gasteiger partial charge in [0.05, 0.1) is 6.61 Å². The molecule has 25 heavy (non-hydrogen) atoms. The van der Waals surface area contributed by atoms with Crippen LogP contribution in [-0.2, 0) is 11.2 Å². The third-order valence-corrected chi connectivity index (χ3v) is 4.94. The lowest BCUT2D eigenvalue weighted by Gasteiger charge is -2.42. The molecule has 0 amide bonds. The average molecular weight is 347 g/mol. The summed E-state index contributed by atoms with van der Waals surface area (Å²) >= 11 is 0. The molecule has 3 rings (SSSR count). The second kappa shape index (κ2) is 6.79. The molecule has 0 aromatic heterocycles. The first-order chi connectivity index (χ1) is 11.8. The second-order valence-electron chi connectivity index (χ2n) is 7.81. The molecule has 0 radical (unpaired) electrons. The molecule has 1 heterocycles. The summed E-state index contributed by atoms with van der Waals surface area (Å²) in [4.78, 5) is 12.7. The number of carboxylic acids is 1. The van der Waals surface area contributed by atoms with Crippen LogP contribution in [0.1, 0.15) is 31.9 Å². The summed E-state index contributed by atoms with van der Waals surface area (Å²) in [5.74, 6) is 0.398. The molecule has 1 aliphatic carbocycles. The van der Waals surface area contributed by atoms with Crippen molar-refractivity contribution in [2.45, 2.75) is 32.9 Å². The third kappa shape index (κ3) is 3.87. The Balaban J connectivity index is 1.67. The predicted molar refractivity (Wildman–Crippen MR) is 95.5 cm³/mol. The standard InChI is InChI=1S/C20H26FNO3/c1-13(2)10-25-18-5-4-15-7-17(14(3)6-16(15)8-18)9-22-11-20(21,12-22)19(23)24/h4-5,7-8,13-14H,6,9-12H2,1-3H3,(H,23,24)/t14-/m1/s1. The van der Waals surface area contributed by atoms with Crippen LogP contribution in [0.25, 0.3) is 6.08 Å². The summed E-state index contributed by atoms with van der Waals surface area (Å²) in [6, 6.07) is 6.18. The number of hydrogen-bond donors (Lipinski definition) is 1. The van der Waals surface area contributed by atoms with E-state index < -0.39 is 11.6 Å². The van der Waals surface area contributed by atoms with Gasteiger partial charge in [-0.15, -0.1) is 0 Å². The Morgan fingerprint density at radius 2 is 2.16 bits per heavy atom. The number of ether oxygens (including phenoxy) is 1. The first-order valence-electron chi connectivity index (χ1n) is 8.88. The fourth-order valence-electron chi connectivity index (χ4n) is 3.42. The number of likely N-dealkylation sites (tertiary alicyclic amines) is 1. The van der Waals surface area contributed by atoms with E-state index in [9.17, 15) is 9.18 Å². The summed E-state index contributed by atoms with van der Waals surface area (Å²) in [6.45, 7) is 7.70. The zero-order chi connectivity index (χ0) is 18.2. The molecule has 1 aromatic carbocycles. The topological polar surface area (TPSA) is 49.8 Å². The number of hydrogen-bond acceptors (Lipinski definition) is 3. The Kier molecular flexibility index (Phi) is 4.87. The largest absolute Gasteiger partial charge is 0.493 e. The highest BCUT2D eigenvalue weighted by atomic mass is 19.1. The van der Waals surface area contributed by atoms with Gasteiger partial charge in [0.15, 0.2) is 0 Å². The maximum atomic E-state index is 13.9. The zero-order valence-electron chi connectivity index (χ0n) is 15.1. The molecule has 0 saturated carbocycles. The van der Waals surface area contributed by atoms with E-state index in [0.717, 1.165) is 12.2 Å². The first-order valence-corrected chi connectivity index (χ1v) is 8.88. The van der Waals surface area contributed by atoms with Gasteiger partial charge in [0.1, 0.15) is 5.75 Å². The Labute approximate surface area is 148 Å². The van der Waals surface area contributed by atoms with Crippen LogP contribution in [0.2, 0.25) is 0 Å². The van der Waals surface area contributed by atoms with Crippen LogP contribution < -0.4 is 4.74 Å². The van der Waals surface area contributed by atoms with Crippen LogP contribution in [0, 0.1) is 11.8 Å². The first kappa shape index (κ1) is 17.9. The Hall–Kier alpha value is -1.88. The molecule has 1 atom stereocenters. The average Bonchev–Trinajstić information content (AvgIpc) is 2.51. The molecule has 1 aromatic rings. The highest BCUT2D eigenvalue weighted by Gasteiger charge is 2.50. The number of carboxylic acid groups (broad SMARTS) is 1. The van der Waals surface area contributed by atoms with Crippen LogP contribution in [0.4, 0.5) is 4.39 Å². The van der Waals surface area contributed by atoms with E-state index in [2.05, 4.69) is 39.0 Å². The fraction of sp³-hybridized carbons (Fsp3) is 0.550. The number of halogens is 1. The number of benzene rings is 1. The van der Waals surface area contributed by atoms with Gasteiger partial charge in [0.25, 0.3) is 0 Å². The van der Waals surface area contributed by atoms with E-state index in [1.54, 1.807) is 0 Å². The maximum Gasteiger partial charge on any atom is 0.344 e. The number of carbonyl (C=O) groups is 1. The Bertz CT molecular complexity index is 692. The summed E-state index contributed by atoms with van der Waals surface area (Å²) in [5.41, 5.74) is 1.61. The molecule has 0 spiro atoms. The normalized spacial score (nSPS) is 22.1. The molecule has 1 N–H and O–H groups in total. The van der Waals surface area contributed by atoms with Gasteiger partial charge >= 0.3 is 5.97 Å². The number of nitrogens with zero attached hydrogens (tertiary/aromatic N) is 1. The molecule has 0 unspecified atom stereocenters. The fourth-order valence-corrected chi connectivity index (χ4v) is 3.42. The van der Waals surface area contributed by atoms with Gasteiger partial charge in [0, 0.05) is 19.6 Å². The lowest BCUT2D eigenvalue weighted by Crippen LogP contribution is -2.63. The van der Waals surface area contributed by atoms with E-state index >= 15 is 0 Å². The van der Waals surface area contributed by atoms with Crippen LogP contribution in [0.3, 0.4) is 0 Å². The van der Waals surface area contributed by atoms with Crippen molar-refractivity contribution in [1.82, 2.24) is 4.90 Å². The highest BCUT2D eigenvalue weighted by Crippen LogP contribution is 2.34. The van der Waals surface area contributed by atoms with Crippen LogP contribution >= 0.6 is 0 Å². The van der Waals surface area contributed by atoms with Crippen molar-refractivity contribution in [3.05, 3.63) is 34.9 Å². The van der Waals surface area contributed by atoms with Crippen molar-refractivity contribution < 1.29 is 19.0 Å². The van der Waals surface area contributed by atoms with Gasteiger partial charge < -0.3 is 9.84 Å². The Morgan fingerprint density at radius 3 is 2.80 bits per heavy atom. The number of fused-ring (bicyclic) bond motifs is 1. The molecule has 2 aliphatic rings. The van der Waals surface area contributed by atoms with Crippen molar-refractivity contribution in [1.29, 1.82) is 0 Å². The third-order valence-electron chi connectivity index (χ3n) is 4.94. The maximum absolute atomic E-state index is 13.9. The lowest BCUT2D eigenvalue weighted by molar-refractivity contribution is -0.163. The van der Waals surface area contributed by atoms with Gasteiger partial charge in [-0.25, -0.2) is 9.18 Å². The Morgan fingerprint density at radius 1 is 1.44 bits per heavy atom. The van der Waals surface area contributed by atoms with Gasteiger partial charge in [-0.3, -0.25) is 4.90 Å². The number of alkyl halides is 1. The summed E-state index contributed by atoms with van der Waals surface area (Å²) in [7, 11) is 0. The van der Waals surface area contributed by atoms with Crippen molar-refractivity contribution in [2.75, 3.05) is 26.2 Å². The second-order valence-corrected chi connectivity index (χ2v) is 7.81. The van der Waals surface area contributed by atoms with Gasteiger partial charge in [0.2, 0.25) is 5.67 Å². The van der Waals surface area contributed by atoms with E-state index in [0.29, 0.717) is 25.0 Å². The molecule has 136 valence electrons. The smallest absolute Gasteiger partial charge is 0.344 e. The zero-order valence-corrected chi connectivity index (χ0v) is 15.1. The number of rotatable bonds is 6. The van der Waals surface area contributed by atoms with Crippen LogP contribution in [-0.4, -0.2) is 47.9 Å². The van der Waals surface area contributed by atoms with Crippen molar-refractivity contribution >= 4 is 12.0 Å². The van der Waals surface area contributed by atoms with E-state index in [-0.39, 0.29) is 13.1 Å². The van der Waals surface area contributed by atoms with Crippen LogP contribution in [0.15, 0.2) is 23.8 Å². The predicted octanol–water partition coefficient (Wildman–Crippen LogP) is 3.41. The van der Waals surface area contributed by atoms with Crippen molar-refractivity contribution in [3.63, 3.8) is 0 Å². The summed E-state index contributed by atoms with van der Waals surface area (Å²) in [5, 5.41) is 8.87. The van der Waals surface area contributed by atoms with Crippen molar-refractivity contribution in [3.8, 4) is 5.75 Å². The van der Waals surface area contributed by atoms with E-state index in [4.69, 9.17) is 9.84 Å². The van der Waals surface area contributed by atoms with Gasteiger partial charge in [-0.1, -0.05) is 38.5 Å². The lowest BCUT2D eigenvalue weighted by atomic mass is 9.83. The quantitative estimate of drug-likeness (QED) is 0.857. The molecular formula is C20H26FNO3. The van der Waals surface area contributed by atoms with Gasteiger partial charge in [-0.05, 0) is 41.5 Å². The minimum absolute atomic E-state index is 0.0266. The molecule has 4 nitrogen and oxygen atoms in total. The molecule has 1 saturated heterocycles. The summed E-state index contributed by atoms with van der Waals surface area (Å²) in [6.07, 6.45) is 3.09. The monoisotopic (exact) mass is 347 g/mol. The molecule has 1 aliphatic heterocycles. The molecular weight excluding hydrogens is 321 g/mol. The molecule has 0 bridgehead atoms.